The minimum absolute atomic E-state index is 1.11. The van der Waals surface area contributed by atoms with E-state index in [1.54, 1.807) is 0 Å². The number of unbranched alkanes of at least 4 members (excludes halogenated alkanes) is 1. The molecule has 1 nitrogen and oxygen atoms in total. The van der Waals surface area contributed by atoms with Crippen LogP contribution >= 0.6 is 0 Å². The fourth-order valence-electron chi connectivity index (χ4n) is 2.87. The molecule has 1 aromatic heterocycles. The highest BCUT2D eigenvalue weighted by atomic mass is 15.0. The lowest BCUT2D eigenvalue weighted by Gasteiger charge is -2.07. The number of hydrogen-bond acceptors (Lipinski definition) is 0. The summed E-state index contributed by atoms with van der Waals surface area (Å²) in [6, 6.07) is 13.6. The fourth-order valence-corrected chi connectivity index (χ4v) is 2.87. The van der Waals surface area contributed by atoms with Gasteiger partial charge in [0.25, 0.3) is 0 Å². The van der Waals surface area contributed by atoms with Gasteiger partial charge in [-0.1, -0.05) is 37.6 Å². The maximum absolute atomic E-state index is 2.49. The molecule has 3 aromatic rings. The summed E-state index contributed by atoms with van der Waals surface area (Å²) in [5, 5.41) is 2.77. The van der Waals surface area contributed by atoms with E-state index >= 15 is 0 Å². The van der Waals surface area contributed by atoms with Crippen LogP contribution in [0.5, 0.6) is 0 Å². The Morgan fingerprint density at radius 1 is 0.842 bits per heavy atom. The lowest BCUT2D eigenvalue weighted by Crippen LogP contribution is -1.97. The number of aromatic nitrogens is 1. The number of benzene rings is 2. The van der Waals surface area contributed by atoms with Gasteiger partial charge in [-0.2, -0.15) is 0 Å². The zero-order chi connectivity index (χ0) is 13.4. The molecule has 0 amide bonds. The smallest absolute Gasteiger partial charge is 0.0494 e. The highest BCUT2D eigenvalue weighted by molar-refractivity contribution is 6.08. The Labute approximate surface area is 114 Å². The van der Waals surface area contributed by atoms with Crippen molar-refractivity contribution in [3.05, 3.63) is 47.5 Å². The van der Waals surface area contributed by atoms with Gasteiger partial charge in [-0.15, -0.1) is 0 Å². The molecule has 0 unspecified atom stereocenters. The average molecular weight is 251 g/mol. The molecular formula is C18H21N. The van der Waals surface area contributed by atoms with E-state index in [0.29, 0.717) is 0 Å². The van der Waals surface area contributed by atoms with Crippen molar-refractivity contribution in [3.63, 3.8) is 0 Å². The first-order valence-corrected chi connectivity index (χ1v) is 7.20. The lowest BCUT2D eigenvalue weighted by atomic mass is 10.1. The van der Waals surface area contributed by atoms with E-state index in [4.69, 9.17) is 0 Å². The van der Waals surface area contributed by atoms with E-state index in [-0.39, 0.29) is 0 Å². The number of aryl methyl sites for hydroxylation is 3. The molecule has 0 bridgehead atoms. The predicted molar refractivity (Wildman–Crippen MR) is 83.8 cm³/mol. The zero-order valence-corrected chi connectivity index (χ0v) is 12.0. The molecule has 98 valence electrons. The Kier molecular flexibility index (Phi) is 3.06. The van der Waals surface area contributed by atoms with Gasteiger partial charge in [0.05, 0.1) is 0 Å². The Morgan fingerprint density at radius 3 is 1.84 bits per heavy atom. The largest absolute Gasteiger partial charge is 0.340 e. The monoisotopic (exact) mass is 251 g/mol. The molecule has 0 spiro atoms. The van der Waals surface area contributed by atoms with Gasteiger partial charge in [0.2, 0.25) is 0 Å². The van der Waals surface area contributed by atoms with Crippen LogP contribution in [0.25, 0.3) is 21.8 Å². The van der Waals surface area contributed by atoms with E-state index < -0.39 is 0 Å². The van der Waals surface area contributed by atoms with E-state index in [9.17, 15) is 0 Å². The van der Waals surface area contributed by atoms with E-state index in [1.807, 2.05) is 0 Å². The third-order valence-corrected chi connectivity index (χ3v) is 3.91. The van der Waals surface area contributed by atoms with Crippen LogP contribution in [0.3, 0.4) is 0 Å². The highest BCUT2D eigenvalue weighted by Gasteiger charge is 2.10. The molecule has 1 heterocycles. The average Bonchev–Trinajstić information content (AvgIpc) is 2.68. The van der Waals surface area contributed by atoms with Crippen molar-refractivity contribution in [2.75, 3.05) is 0 Å². The number of nitrogens with zero attached hydrogens (tertiary/aromatic N) is 1. The number of rotatable bonds is 3. The first-order chi connectivity index (χ1) is 9.20. The van der Waals surface area contributed by atoms with Crippen molar-refractivity contribution in [1.82, 2.24) is 4.57 Å². The Morgan fingerprint density at radius 2 is 1.37 bits per heavy atom. The minimum atomic E-state index is 1.11. The molecule has 19 heavy (non-hydrogen) atoms. The maximum Gasteiger partial charge on any atom is 0.0494 e. The molecule has 0 aliphatic rings. The summed E-state index contributed by atoms with van der Waals surface area (Å²) >= 11 is 0. The molecule has 0 aliphatic heterocycles. The molecule has 0 saturated heterocycles. The zero-order valence-electron chi connectivity index (χ0n) is 12.0. The first kappa shape index (κ1) is 12.3. The second kappa shape index (κ2) is 4.73. The molecule has 2 aromatic carbocycles. The van der Waals surface area contributed by atoms with Crippen molar-refractivity contribution >= 4 is 21.8 Å². The van der Waals surface area contributed by atoms with Crippen molar-refractivity contribution in [2.24, 2.45) is 0 Å². The Bertz CT molecular complexity index is 675. The second-order valence-corrected chi connectivity index (χ2v) is 5.55. The van der Waals surface area contributed by atoms with Crippen LogP contribution < -0.4 is 0 Å². The molecule has 0 saturated carbocycles. The summed E-state index contributed by atoms with van der Waals surface area (Å²) in [6.45, 7) is 7.72. The van der Waals surface area contributed by atoms with Crippen LogP contribution in [0.4, 0.5) is 0 Å². The van der Waals surface area contributed by atoms with Crippen molar-refractivity contribution in [3.8, 4) is 0 Å². The predicted octanol–water partition coefficient (Wildman–Crippen LogP) is 5.21. The van der Waals surface area contributed by atoms with Crippen LogP contribution in [0.1, 0.15) is 30.9 Å². The molecule has 1 heteroatoms. The Balaban J connectivity index is 2.36. The van der Waals surface area contributed by atoms with Crippen molar-refractivity contribution < 1.29 is 0 Å². The van der Waals surface area contributed by atoms with Gasteiger partial charge in [0, 0.05) is 28.4 Å². The molecule has 3 rings (SSSR count). The maximum atomic E-state index is 2.49. The van der Waals surface area contributed by atoms with Crippen LogP contribution in [0, 0.1) is 13.8 Å². The summed E-state index contributed by atoms with van der Waals surface area (Å²) in [7, 11) is 0. The molecule has 0 radical (unpaired) electrons. The van der Waals surface area contributed by atoms with Gasteiger partial charge in [0.1, 0.15) is 0 Å². The normalized spacial score (nSPS) is 11.5. The molecule has 0 atom stereocenters. The van der Waals surface area contributed by atoms with Gasteiger partial charge >= 0.3 is 0 Å². The van der Waals surface area contributed by atoms with Crippen LogP contribution in [-0.2, 0) is 6.54 Å². The van der Waals surface area contributed by atoms with Gasteiger partial charge in [0.15, 0.2) is 0 Å². The SMILES string of the molecule is CCCCn1c2cc(C)ccc2c2ccc(C)cc21. The summed E-state index contributed by atoms with van der Waals surface area (Å²) < 4.78 is 2.49. The quantitative estimate of drug-likeness (QED) is 0.602. The highest BCUT2D eigenvalue weighted by Crippen LogP contribution is 2.30. The van der Waals surface area contributed by atoms with Crippen molar-refractivity contribution in [2.45, 2.75) is 40.2 Å². The van der Waals surface area contributed by atoms with Gasteiger partial charge in [-0.3, -0.25) is 0 Å². The third kappa shape index (κ3) is 2.03. The van der Waals surface area contributed by atoms with Crippen LogP contribution in [0.15, 0.2) is 36.4 Å². The lowest BCUT2D eigenvalue weighted by molar-refractivity contribution is 0.665. The minimum Gasteiger partial charge on any atom is -0.340 e. The number of hydrogen-bond donors (Lipinski definition) is 0. The topological polar surface area (TPSA) is 4.93 Å². The second-order valence-electron chi connectivity index (χ2n) is 5.55. The van der Waals surface area contributed by atoms with Gasteiger partial charge < -0.3 is 4.57 Å². The molecule has 0 N–H and O–H groups in total. The molecular weight excluding hydrogens is 230 g/mol. The fraction of sp³-hybridized carbons (Fsp3) is 0.333. The van der Waals surface area contributed by atoms with Crippen LogP contribution in [0.2, 0.25) is 0 Å². The summed E-state index contributed by atoms with van der Waals surface area (Å²) in [4.78, 5) is 0. The molecule has 0 fully saturated rings. The van der Waals surface area contributed by atoms with Gasteiger partial charge in [-0.25, -0.2) is 0 Å². The van der Waals surface area contributed by atoms with E-state index in [1.165, 1.54) is 45.8 Å². The first-order valence-electron chi connectivity index (χ1n) is 7.20. The third-order valence-electron chi connectivity index (χ3n) is 3.91. The van der Waals surface area contributed by atoms with Crippen LogP contribution in [-0.4, -0.2) is 4.57 Å². The molecule has 0 aliphatic carbocycles. The summed E-state index contributed by atoms with van der Waals surface area (Å²) in [5.74, 6) is 0. The standard InChI is InChI=1S/C18H21N/c1-4-5-10-19-17-11-13(2)6-8-15(17)16-9-7-14(3)12-18(16)19/h6-9,11-12H,4-5,10H2,1-3H3. The van der Waals surface area contributed by atoms with Gasteiger partial charge in [-0.05, 0) is 43.5 Å². The summed E-state index contributed by atoms with van der Waals surface area (Å²) in [5.41, 5.74) is 5.44. The number of fused-ring (bicyclic) bond motifs is 3. The van der Waals surface area contributed by atoms with Crippen molar-refractivity contribution in [1.29, 1.82) is 0 Å². The Hall–Kier alpha value is -1.76. The summed E-state index contributed by atoms with van der Waals surface area (Å²) in [6.07, 6.45) is 2.47. The van der Waals surface area contributed by atoms with E-state index in [2.05, 4.69) is 61.7 Å². The van der Waals surface area contributed by atoms with E-state index in [0.717, 1.165) is 6.54 Å².